The second-order valence-electron chi connectivity index (χ2n) is 8.28. The summed E-state index contributed by atoms with van der Waals surface area (Å²) < 4.78 is 42.7. The zero-order valence-electron chi connectivity index (χ0n) is 16.7. The normalized spacial score (nSPS) is 18.0. The highest BCUT2D eigenvalue weighted by Gasteiger charge is 2.38. The number of benzene rings is 4. The van der Waals surface area contributed by atoms with Gasteiger partial charge in [0.2, 0.25) is 0 Å². The molecule has 0 bridgehead atoms. The SMILES string of the molecule is FC(F)(F)c1c2ccccc2c(C2C3=C(C=CCC3)c3ccccc32)c2ccccc12. The quantitative estimate of drug-likeness (QED) is 0.276. The highest BCUT2D eigenvalue weighted by molar-refractivity contribution is 6.08. The van der Waals surface area contributed by atoms with Gasteiger partial charge in [-0.1, -0.05) is 90.5 Å². The molecule has 0 aliphatic heterocycles. The Morgan fingerprint density at radius 2 is 1.29 bits per heavy atom. The summed E-state index contributed by atoms with van der Waals surface area (Å²) in [5.41, 5.74) is 5.40. The third-order valence-electron chi connectivity index (χ3n) is 6.67. The monoisotopic (exact) mass is 412 g/mol. The first-order valence-corrected chi connectivity index (χ1v) is 10.5. The van der Waals surface area contributed by atoms with Gasteiger partial charge in [-0.25, -0.2) is 0 Å². The van der Waals surface area contributed by atoms with Crippen molar-refractivity contribution in [2.75, 3.05) is 0 Å². The summed E-state index contributed by atoms with van der Waals surface area (Å²) in [4.78, 5) is 0. The van der Waals surface area contributed by atoms with E-state index in [1.165, 1.54) is 22.3 Å². The van der Waals surface area contributed by atoms with Crippen LogP contribution in [0.2, 0.25) is 0 Å². The van der Waals surface area contributed by atoms with Gasteiger partial charge in [-0.05, 0) is 56.6 Å². The van der Waals surface area contributed by atoms with E-state index in [0.717, 1.165) is 18.4 Å². The van der Waals surface area contributed by atoms with E-state index >= 15 is 0 Å². The van der Waals surface area contributed by atoms with E-state index in [0.29, 0.717) is 10.8 Å². The average molecular weight is 412 g/mol. The van der Waals surface area contributed by atoms with Crippen LogP contribution in [0.25, 0.3) is 27.1 Å². The molecular formula is C28H19F3. The summed E-state index contributed by atoms with van der Waals surface area (Å²) in [5.74, 6) is -0.0340. The van der Waals surface area contributed by atoms with Crippen LogP contribution in [0.3, 0.4) is 0 Å². The molecule has 1 atom stereocenters. The Morgan fingerprint density at radius 1 is 0.710 bits per heavy atom. The molecule has 0 saturated carbocycles. The molecule has 0 amide bonds. The Hall–Kier alpha value is -3.33. The minimum absolute atomic E-state index is 0.0340. The highest BCUT2D eigenvalue weighted by atomic mass is 19.4. The van der Waals surface area contributed by atoms with Crippen LogP contribution in [-0.4, -0.2) is 0 Å². The largest absolute Gasteiger partial charge is 0.417 e. The molecule has 0 spiro atoms. The predicted octanol–water partition coefficient (Wildman–Crippen LogP) is 8.26. The maximum Gasteiger partial charge on any atom is 0.417 e. The van der Waals surface area contributed by atoms with Crippen molar-refractivity contribution in [3.8, 4) is 0 Å². The average Bonchev–Trinajstić information content (AvgIpc) is 3.11. The van der Waals surface area contributed by atoms with Crippen LogP contribution in [0, 0.1) is 0 Å². The fourth-order valence-corrected chi connectivity index (χ4v) is 5.53. The molecule has 0 aromatic heterocycles. The Labute approximate surface area is 178 Å². The lowest BCUT2D eigenvalue weighted by atomic mass is 9.79. The van der Waals surface area contributed by atoms with Gasteiger partial charge in [0, 0.05) is 5.92 Å². The molecule has 0 N–H and O–H groups in total. The van der Waals surface area contributed by atoms with Gasteiger partial charge in [0.25, 0.3) is 0 Å². The van der Waals surface area contributed by atoms with E-state index in [1.54, 1.807) is 24.3 Å². The van der Waals surface area contributed by atoms with Crippen LogP contribution in [-0.2, 0) is 6.18 Å². The van der Waals surface area contributed by atoms with E-state index in [9.17, 15) is 13.2 Å². The zero-order chi connectivity index (χ0) is 21.2. The van der Waals surface area contributed by atoms with Crippen molar-refractivity contribution < 1.29 is 13.2 Å². The third kappa shape index (κ3) is 2.62. The summed E-state index contributed by atoms with van der Waals surface area (Å²) in [6, 6.07) is 22.4. The lowest BCUT2D eigenvalue weighted by molar-refractivity contribution is -0.135. The first-order chi connectivity index (χ1) is 15.1. The molecule has 4 aromatic rings. The van der Waals surface area contributed by atoms with Crippen LogP contribution in [0.15, 0.2) is 90.5 Å². The number of alkyl halides is 3. The molecular weight excluding hydrogens is 393 g/mol. The third-order valence-corrected chi connectivity index (χ3v) is 6.67. The van der Waals surface area contributed by atoms with E-state index in [-0.39, 0.29) is 16.7 Å². The second kappa shape index (κ2) is 6.58. The molecule has 6 rings (SSSR count). The van der Waals surface area contributed by atoms with Gasteiger partial charge < -0.3 is 0 Å². The summed E-state index contributed by atoms with van der Waals surface area (Å²) in [7, 11) is 0. The summed E-state index contributed by atoms with van der Waals surface area (Å²) in [5, 5.41) is 1.94. The molecule has 4 aromatic carbocycles. The van der Waals surface area contributed by atoms with Gasteiger partial charge in [0.1, 0.15) is 0 Å². The first-order valence-electron chi connectivity index (χ1n) is 10.5. The maximum absolute atomic E-state index is 14.2. The molecule has 0 fully saturated rings. The van der Waals surface area contributed by atoms with Crippen LogP contribution < -0.4 is 0 Å². The minimum atomic E-state index is -4.43. The molecule has 152 valence electrons. The van der Waals surface area contributed by atoms with Gasteiger partial charge >= 0.3 is 6.18 Å². The standard InChI is InChI=1S/C28H19F3/c29-28(30,31)27-23-15-7-5-13-21(23)26(22-14-6-8-16-24(22)27)25-19-11-3-1-9-17(19)18-10-2-4-12-20(18)25/h1-3,5-11,13-16,25H,4,12H2. The van der Waals surface area contributed by atoms with Crippen molar-refractivity contribution in [1.29, 1.82) is 0 Å². The Morgan fingerprint density at radius 3 is 1.94 bits per heavy atom. The van der Waals surface area contributed by atoms with E-state index in [1.807, 2.05) is 36.4 Å². The van der Waals surface area contributed by atoms with E-state index < -0.39 is 11.7 Å². The fraction of sp³-hybridized carbons (Fsp3) is 0.143. The number of fused-ring (bicyclic) bond motifs is 4. The summed E-state index contributed by atoms with van der Waals surface area (Å²) in [6.45, 7) is 0. The summed E-state index contributed by atoms with van der Waals surface area (Å²) in [6.07, 6.45) is 1.84. The zero-order valence-corrected chi connectivity index (χ0v) is 16.7. The highest BCUT2D eigenvalue weighted by Crippen LogP contribution is 2.53. The number of allylic oxidation sites excluding steroid dienone is 4. The number of rotatable bonds is 1. The van der Waals surface area contributed by atoms with Gasteiger partial charge in [-0.3, -0.25) is 0 Å². The summed E-state index contributed by atoms with van der Waals surface area (Å²) >= 11 is 0. The van der Waals surface area contributed by atoms with Crippen LogP contribution in [0.4, 0.5) is 13.2 Å². The van der Waals surface area contributed by atoms with Gasteiger partial charge in [0.15, 0.2) is 0 Å². The smallest absolute Gasteiger partial charge is 0.166 e. The van der Waals surface area contributed by atoms with Crippen molar-refractivity contribution >= 4 is 27.1 Å². The van der Waals surface area contributed by atoms with Crippen LogP contribution in [0.1, 0.15) is 41.0 Å². The fourth-order valence-electron chi connectivity index (χ4n) is 5.53. The van der Waals surface area contributed by atoms with Gasteiger partial charge in [-0.15, -0.1) is 0 Å². The molecule has 2 aliphatic rings. The lowest BCUT2D eigenvalue weighted by Crippen LogP contribution is -2.11. The van der Waals surface area contributed by atoms with Crippen molar-refractivity contribution in [2.24, 2.45) is 0 Å². The van der Waals surface area contributed by atoms with Gasteiger partial charge in [-0.2, -0.15) is 13.2 Å². The molecule has 1 unspecified atom stereocenters. The van der Waals surface area contributed by atoms with Crippen molar-refractivity contribution in [2.45, 2.75) is 24.9 Å². The van der Waals surface area contributed by atoms with Gasteiger partial charge in [0.05, 0.1) is 5.56 Å². The number of hydrogen-bond donors (Lipinski definition) is 0. The number of hydrogen-bond acceptors (Lipinski definition) is 0. The second-order valence-corrected chi connectivity index (χ2v) is 8.28. The maximum atomic E-state index is 14.2. The van der Waals surface area contributed by atoms with Crippen molar-refractivity contribution in [1.82, 2.24) is 0 Å². The van der Waals surface area contributed by atoms with Crippen LogP contribution in [0.5, 0.6) is 0 Å². The minimum Gasteiger partial charge on any atom is -0.166 e. The molecule has 0 nitrogen and oxygen atoms in total. The first kappa shape index (κ1) is 18.4. The Balaban J connectivity index is 1.79. The molecule has 0 saturated heterocycles. The molecule has 31 heavy (non-hydrogen) atoms. The van der Waals surface area contributed by atoms with Crippen molar-refractivity contribution in [3.63, 3.8) is 0 Å². The van der Waals surface area contributed by atoms with E-state index in [2.05, 4.69) is 24.3 Å². The van der Waals surface area contributed by atoms with Crippen LogP contribution >= 0.6 is 0 Å². The molecule has 0 heterocycles. The Bertz CT molecular complexity index is 1360. The lowest BCUT2D eigenvalue weighted by Gasteiger charge is -2.25. The number of halogens is 3. The Kier molecular flexibility index (Phi) is 3.92. The molecule has 0 radical (unpaired) electrons. The molecule has 3 heteroatoms. The van der Waals surface area contributed by atoms with Crippen molar-refractivity contribution in [3.05, 3.63) is 113 Å². The predicted molar refractivity (Wildman–Crippen MR) is 120 cm³/mol. The topological polar surface area (TPSA) is 0 Å². The van der Waals surface area contributed by atoms with E-state index in [4.69, 9.17) is 0 Å². The molecule has 2 aliphatic carbocycles.